The first kappa shape index (κ1) is 15.1. The van der Waals surface area contributed by atoms with Crippen molar-refractivity contribution in [1.82, 2.24) is 0 Å². The summed E-state index contributed by atoms with van der Waals surface area (Å²) in [7, 11) is 0. The Morgan fingerprint density at radius 1 is 1.05 bits per heavy atom. The third-order valence-electron chi connectivity index (χ3n) is 5.19. The zero-order valence-corrected chi connectivity index (χ0v) is 13.4. The summed E-state index contributed by atoms with van der Waals surface area (Å²) < 4.78 is 11.5. The summed E-state index contributed by atoms with van der Waals surface area (Å²) in [5, 5.41) is 0. The maximum atomic E-state index is 5.76. The van der Waals surface area contributed by atoms with E-state index in [1.165, 1.54) is 55.2 Å². The van der Waals surface area contributed by atoms with Crippen molar-refractivity contribution in [3.8, 4) is 0 Å². The van der Waals surface area contributed by atoms with Crippen molar-refractivity contribution in [2.75, 3.05) is 13.2 Å². The van der Waals surface area contributed by atoms with Crippen LogP contribution in [0.4, 0.5) is 0 Å². The summed E-state index contributed by atoms with van der Waals surface area (Å²) in [5.74, 6) is 1.65. The molecular formula is C19H28O2. The molecule has 1 aromatic rings. The fraction of sp³-hybridized carbons (Fsp3) is 0.684. The van der Waals surface area contributed by atoms with Gasteiger partial charge in [-0.3, -0.25) is 0 Å². The molecule has 0 radical (unpaired) electrons. The van der Waals surface area contributed by atoms with Crippen molar-refractivity contribution in [2.45, 2.75) is 64.6 Å². The van der Waals surface area contributed by atoms with Gasteiger partial charge in [0.2, 0.25) is 0 Å². The standard InChI is InChI=1S/C19H28O2/c1-3-5-15-8-10-16(11-9-15)18-14(2)6-4-7-17(18)19-20-12-13-21-19/h4,6-7,15-16,19H,3,5,8-13H2,1-2H3. The molecule has 1 aromatic carbocycles. The second-order valence-corrected chi connectivity index (χ2v) is 6.66. The average Bonchev–Trinajstić information content (AvgIpc) is 3.02. The quantitative estimate of drug-likeness (QED) is 0.766. The van der Waals surface area contributed by atoms with Gasteiger partial charge in [-0.25, -0.2) is 0 Å². The Labute approximate surface area is 128 Å². The van der Waals surface area contributed by atoms with E-state index in [1.54, 1.807) is 0 Å². The zero-order chi connectivity index (χ0) is 14.7. The molecule has 1 heterocycles. The van der Waals surface area contributed by atoms with Gasteiger partial charge in [0, 0.05) is 5.56 Å². The lowest BCUT2D eigenvalue weighted by atomic mass is 9.75. The maximum absolute atomic E-state index is 5.76. The maximum Gasteiger partial charge on any atom is 0.184 e. The van der Waals surface area contributed by atoms with Crippen LogP contribution in [0, 0.1) is 12.8 Å². The minimum Gasteiger partial charge on any atom is -0.346 e. The van der Waals surface area contributed by atoms with E-state index >= 15 is 0 Å². The van der Waals surface area contributed by atoms with E-state index in [9.17, 15) is 0 Å². The molecule has 0 spiro atoms. The van der Waals surface area contributed by atoms with Crippen LogP contribution in [0.2, 0.25) is 0 Å². The summed E-state index contributed by atoms with van der Waals surface area (Å²) in [4.78, 5) is 0. The van der Waals surface area contributed by atoms with E-state index in [-0.39, 0.29) is 6.29 Å². The molecule has 1 saturated carbocycles. The topological polar surface area (TPSA) is 18.5 Å². The number of ether oxygens (including phenoxy) is 2. The van der Waals surface area contributed by atoms with Crippen LogP contribution in [0.1, 0.15) is 74.3 Å². The molecule has 2 aliphatic rings. The van der Waals surface area contributed by atoms with Crippen LogP contribution in [0.15, 0.2) is 18.2 Å². The zero-order valence-electron chi connectivity index (χ0n) is 13.4. The first-order valence-electron chi connectivity index (χ1n) is 8.62. The molecule has 116 valence electrons. The Morgan fingerprint density at radius 2 is 1.76 bits per heavy atom. The van der Waals surface area contributed by atoms with Crippen molar-refractivity contribution >= 4 is 0 Å². The third kappa shape index (κ3) is 3.32. The minimum absolute atomic E-state index is 0.131. The highest BCUT2D eigenvalue weighted by molar-refractivity contribution is 5.38. The van der Waals surface area contributed by atoms with Crippen molar-refractivity contribution < 1.29 is 9.47 Å². The number of hydrogen-bond acceptors (Lipinski definition) is 2. The van der Waals surface area contributed by atoms with Crippen LogP contribution in [0.25, 0.3) is 0 Å². The molecule has 2 fully saturated rings. The summed E-state index contributed by atoms with van der Waals surface area (Å²) in [5.41, 5.74) is 4.20. The van der Waals surface area contributed by atoms with E-state index in [0.29, 0.717) is 5.92 Å². The van der Waals surface area contributed by atoms with Crippen LogP contribution < -0.4 is 0 Å². The molecule has 2 heteroatoms. The van der Waals surface area contributed by atoms with Gasteiger partial charge in [-0.15, -0.1) is 0 Å². The molecule has 2 nitrogen and oxygen atoms in total. The van der Waals surface area contributed by atoms with Crippen molar-refractivity contribution in [2.24, 2.45) is 5.92 Å². The van der Waals surface area contributed by atoms with Gasteiger partial charge in [0.1, 0.15) is 0 Å². The Hall–Kier alpha value is -0.860. The van der Waals surface area contributed by atoms with E-state index in [1.807, 2.05) is 0 Å². The predicted octanol–water partition coefficient (Wildman–Crippen LogP) is 5.11. The van der Waals surface area contributed by atoms with Crippen LogP contribution in [0.3, 0.4) is 0 Å². The molecular weight excluding hydrogens is 260 g/mol. The van der Waals surface area contributed by atoms with Gasteiger partial charge in [0.05, 0.1) is 13.2 Å². The van der Waals surface area contributed by atoms with Gasteiger partial charge in [-0.2, -0.15) is 0 Å². The molecule has 0 bridgehead atoms. The molecule has 0 N–H and O–H groups in total. The first-order chi connectivity index (χ1) is 10.3. The molecule has 1 aliphatic carbocycles. The highest BCUT2D eigenvalue weighted by Crippen LogP contribution is 2.42. The summed E-state index contributed by atoms with van der Waals surface area (Å²) in [6, 6.07) is 6.59. The summed E-state index contributed by atoms with van der Waals surface area (Å²) >= 11 is 0. The normalized spacial score (nSPS) is 27.1. The van der Waals surface area contributed by atoms with E-state index in [0.717, 1.165) is 19.1 Å². The number of aryl methyl sites for hydroxylation is 1. The molecule has 0 unspecified atom stereocenters. The van der Waals surface area contributed by atoms with Gasteiger partial charge < -0.3 is 9.47 Å². The van der Waals surface area contributed by atoms with Crippen LogP contribution in [-0.4, -0.2) is 13.2 Å². The van der Waals surface area contributed by atoms with E-state index in [4.69, 9.17) is 9.47 Å². The Bertz CT molecular complexity index is 455. The molecule has 0 aromatic heterocycles. The van der Waals surface area contributed by atoms with Gasteiger partial charge in [-0.05, 0) is 55.6 Å². The van der Waals surface area contributed by atoms with Crippen LogP contribution in [-0.2, 0) is 9.47 Å². The third-order valence-corrected chi connectivity index (χ3v) is 5.19. The lowest BCUT2D eigenvalue weighted by Gasteiger charge is -2.31. The second kappa shape index (κ2) is 6.93. The SMILES string of the molecule is CCCC1CCC(c2c(C)cccc2C2OCCO2)CC1. The molecule has 1 saturated heterocycles. The Morgan fingerprint density at radius 3 is 2.43 bits per heavy atom. The van der Waals surface area contributed by atoms with Gasteiger partial charge in [0.25, 0.3) is 0 Å². The largest absolute Gasteiger partial charge is 0.346 e. The number of hydrogen-bond donors (Lipinski definition) is 0. The predicted molar refractivity (Wildman–Crippen MR) is 85.4 cm³/mol. The second-order valence-electron chi connectivity index (χ2n) is 6.66. The number of rotatable bonds is 4. The summed E-state index contributed by atoms with van der Waals surface area (Å²) in [6.07, 6.45) is 8.03. The number of benzene rings is 1. The first-order valence-corrected chi connectivity index (χ1v) is 8.62. The van der Waals surface area contributed by atoms with Crippen LogP contribution in [0.5, 0.6) is 0 Å². The molecule has 0 amide bonds. The van der Waals surface area contributed by atoms with E-state index in [2.05, 4.69) is 32.0 Å². The van der Waals surface area contributed by atoms with E-state index < -0.39 is 0 Å². The van der Waals surface area contributed by atoms with Gasteiger partial charge >= 0.3 is 0 Å². The highest BCUT2D eigenvalue weighted by atomic mass is 16.7. The smallest absolute Gasteiger partial charge is 0.184 e. The van der Waals surface area contributed by atoms with Gasteiger partial charge in [-0.1, -0.05) is 38.0 Å². The lowest BCUT2D eigenvalue weighted by molar-refractivity contribution is -0.0451. The minimum atomic E-state index is -0.131. The lowest BCUT2D eigenvalue weighted by Crippen LogP contribution is -2.16. The van der Waals surface area contributed by atoms with Crippen molar-refractivity contribution in [1.29, 1.82) is 0 Å². The highest BCUT2D eigenvalue weighted by Gasteiger charge is 2.28. The van der Waals surface area contributed by atoms with Crippen molar-refractivity contribution in [3.05, 3.63) is 34.9 Å². The molecule has 3 rings (SSSR count). The molecule has 1 aliphatic heterocycles. The monoisotopic (exact) mass is 288 g/mol. The van der Waals surface area contributed by atoms with Crippen LogP contribution >= 0.6 is 0 Å². The fourth-order valence-electron chi connectivity index (χ4n) is 4.15. The summed E-state index contributed by atoms with van der Waals surface area (Å²) in [6.45, 7) is 5.99. The fourth-order valence-corrected chi connectivity index (χ4v) is 4.15. The van der Waals surface area contributed by atoms with Gasteiger partial charge in [0.15, 0.2) is 6.29 Å². The average molecular weight is 288 g/mol. The molecule has 21 heavy (non-hydrogen) atoms. The Kier molecular flexibility index (Phi) is 4.97. The Balaban J connectivity index is 1.78. The molecule has 0 atom stereocenters. The van der Waals surface area contributed by atoms with Crippen molar-refractivity contribution in [3.63, 3.8) is 0 Å².